The van der Waals surface area contributed by atoms with Crippen molar-refractivity contribution in [3.05, 3.63) is 82.4 Å². The second kappa shape index (κ2) is 8.99. The molecule has 27 heavy (non-hydrogen) atoms. The van der Waals surface area contributed by atoms with Crippen LogP contribution in [0.4, 0.5) is 0 Å². The number of hydrogen-bond donors (Lipinski definition) is 2. The molecule has 0 aliphatic carbocycles. The number of halogens is 2. The molecule has 1 unspecified atom stereocenters. The lowest BCUT2D eigenvalue weighted by atomic mass is 9.80. The minimum atomic E-state index is -1.39. The Morgan fingerprint density at radius 3 is 2.30 bits per heavy atom. The zero-order valence-electron chi connectivity index (χ0n) is 15.8. The minimum Gasteiger partial charge on any atom is -0.598 e. The van der Waals surface area contributed by atoms with Crippen LogP contribution in [0, 0.1) is 0 Å². The molecule has 3 nitrogen and oxygen atoms in total. The van der Waals surface area contributed by atoms with E-state index in [0.29, 0.717) is 16.5 Å². The second-order valence-corrected chi connectivity index (χ2v) is 10.3. The topological polar surface area (TPSA) is 61.1 Å². The van der Waals surface area contributed by atoms with Crippen LogP contribution in [0.2, 0.25) is 10.0 Å². The Morgan fingerprint density at radius 1 is 1.15 bits per heavy atom. The van der Waals surface area contributed by atoms with Gasteiger partial charge >= 0.3 is 0 Å². The number of rotatable bonds is 7. The van der Waals surface area contributed by atoms with Crippen LogP contribution in [0.15, 0.2) is 61.2 Å². The van der Waals surface area contributed by atoms with Gasteiger partial charge in [0.2, 0.25) is 0 Å². The summed E-state index contributed by atoms with van der Waals surface area (Å²) in [7, 11) is 0. The molecular formula is C21H26Cl2N2OS. The Hall–Kier alpha value is -1.01. The van der Waals surface area contributed by atoms with Gasteiger partial charge < -0.3 is 10.3 Å². The Bertz CT molecular complexity index is 776. The van der Waals surface area contributed by atoms with Gasteiger partial charge in [0.25, 0.3) is 0 Å². The quantitative estimate of drug-likeness (QED) is 0.349. The zero-order valence-corrected chi connectivity index (χ0v) is 18.2. The third kappa shape index (κ3) is 5.50. The van der Waals surface area contributed by atoms with Crippen LogP contribution in [0.1, 0.15) is 44.2 Å². The molecule has 0 fully saturated rings. The molecule has 2 aromatic carbocycles. The molecule has 2 aromatic rings. The van der Waals surface area contributed by atoms with Crippen molar-refractivity contribution < 1.29 is 4.55 Å². The van der Waals surface area contributed by atoms with E-state index < -0.39 is 21.8 Å². The largest absolute Gasteiger partial charge is 0.598 e. The SMILES string of the molecule is C=CC[C@H](c1cccc(Cl)c1)C(N)(N[S@+]([O-])C(C)(C)C)c1ccc(Cl)cc1. The standard InChI is InChI=1S/C21H26Cl2N2OS/c1-5-7-19(15-8-6-9-18(23)14-15)21(24,25-27(26)20(2,3)4)16-10-12-17(22)13-11-16/h5-6,8-14,19,25H,1,7,24H2,2-4H3/t19-,21?,27-/m1/s1. The number of allylic oxidation sites excluding steroid dienone is 1. The summed E-state index contributed by atoms with van der Waals surface area (Å²) in [6.45, 7) is 9.59. The lowest BCUT2D eigenvalue weighted by Crippen LogP contribution is -2.59. The van der Waals surface area contributed by atoms with Crippen LogP contribution in [0.25, 0.3) is 0 Å². The molecule has 0 saturated carbocycles. The summed E-state index contributed by atoms with van der Waals surface area (Å²) in [4.78, 5) is 0. The summed E-state index contributed by atoms with van der Waals surface area (Å²) in [6.07, 6.45) is 2.39. The van der Waals surface area contributed by atoms with Gasteiger partial charge in [-0.2, -0.15) is 0 Å². The van der Waals surface area contributed by atoms with Crippen LogP contribution in [0.5, 0.6) is 0 Å². The van der Waals surface area contributed by atoms with Crippen molar-refractivity contribution in [1.82, 2.24) is 4.72 Å². The molecule has 0 aromatic heterocycles. The summed E-state index contributed by atoms with van der Waals surface area (Å²) in [6, 6.07) is 14.8. The number of benzene rings is 2. The van der Waals surface area contributed by atoms with Gasteiger partial charge in [-0.25, -0.2) is 0 Å². The van der Waals surface area contributed by atoms with Crippen molar-refractivity contribution in [2.45, 2.75) is 43.5 Å². The summed E-state index contributed by atoms with van der Waals surface area (Å²) in [5.74, 6) is -0.235. The van der Waals surface area contributed by atoms with E-state index in [-0.39, 0.29) is 5.92 Å². The van der Waals surface area contributed by atoms with Crippen LogP contribution in [-0.2, 0) is 17.0 Å². The third-order valence-electron chi connectivity index (χ3n) is 4.34. The molecule has 0 aliphatic rings. The molecule has 0 radical (unpaired) electrons. The van der Waals surface area contributed by atoms with Crippen molar-refractivity contribution in [3.8, 4) is 0 Å². The van der Waals surface area contributed by atoms with Crippen molar-refractivity contribution in [2.24, 2.45) is 5.73 Å². The fourth-order valence-electron chi connectivity index (χ4n) is 2.84. The van der Waals surface area contributed by atoms with Gasteiger partial charge in [0.15, 0.2) is 0 Å². The number of hydrogen-bond acceptors (Lipinski definition) is 3. The molecule has 0 spiro atoms. The highest BCUT2D eigenvalue weighted by atomic mass is 35.5. The molecular weight excluding hydrogens is 399 g/mol. The second-order valence-electron chi connectivity index (χ2n) is 7.49. The highest BCUT2D eigenvalue weighted by molar-refractivity contribution is 7.90. The van der Waals surface area contributed by atoms with Gasteiger partial charge in [-0.1, -0.05) is 53.5 Å². The normalized spacial score (nSPS) is 16.4. The number of nitrogens with one attached hydrogen (secondary N) is 1. The monoisotopic (exact) mass is 424 g/mol. The van der Waals surface area contributed by atoms with Crippen LogP contribution < -0.4 is 10.5 Å². The van der Waals surface area contributed by atoms with Crippen LogP contribution in [0.3, 0.4) is 0 Å². The Morgan fingerprint density at radius 2 is 1.78 bits per heavy atom. The molecule has 0 aliphatic heterocycles. The predicted molar refractivity (Wildman–Crippen MR) is 117 cm³/mol. The summed E-state index contributed by atoms with van der Waals surface area (Å²) < 4.78 is 15.7. The fraction of sp³-hybridized carbons (Fsp3) is 0.333. The first-order valence-corrected chi connectivity index (χ1v) is 10.6. The van der Waals surface area contributed by atoms with E-state index in [0.717, 1.165) is 11.1 Å². The van der Waals surface area contributed by atoms with E-state index in [1.54, 1.807) is 12.1 Å². The minimum absolute atomic E-state index is 0.235. The third-order valence-corrected chi connectivity index (χ3v) is 6.47. The lowest BCUT2D eigenvalue weighted by molar-refractivity contribution is 0.324. The summed E-state index contributed by atoms with van der Waals surface area (Å²) in [5.41, 5.74) is 7.56. The van der Waals surface area contributed by atoms with Gasteiger partial charge in [0.05, 0.1) is 0 Å². The fourth-order valence-corrected chi connectivity index (χ4v) is 4.04. The van der Waals surface area contributed by atoms with E-state index in [9.17, 15) is 4.55 Å². The van der Waals surface area contributed by atoms with Crippen molar-refractivity contribution in [3.63, 3.8) is 0 Å². The highest BCUT2D eigenvalue weighted by Gasteiger charge is 2.43. The molecule has 146 valence electrons. The van der Waals surface area contributed by atoms with E-state index in [4.69, 9.17) is 28.9 Å². The molecule has 0 heterocycles. The zero-order chi connectivity index (χ0) is 20.2. The molecule has 0 saturated heterocycles. The molecule has 3 N–H and O–H groups in total. The van der Waals surface area contributed by atoms with E-state index >= 15 is 0 Å². The average Bonchev–Trinajstić information content (AvgIpc) is 2.59. The van der Waals surface area contributed by atoms with Gasteiger partial charge in [0, 0.05) is 27.3 Å². The molecule has 6 heteroatoms. The predicted octanol–water partition coefficient (Wildman–Crippen LogP) is 5.52. The first-order chi connectivity index (χ1) is 12.6. The van der Waals surface area contributed by atoms with Gasteiger partial charge in [-0.15, -0.1) is 11.3 Å². The van der Waals surface area contributed by atoms with Gasteiger partial charge in [-0.3, -0.25) is 0 Å². The maximum absolute atomic E-state index is 13.0. The van der Waals surface area contributed by atoms with Crippen molar-refractivity contribution >= 4 is 34.6 Å². The van der Waals surface area contributed by atoms with E-state index in [1.807, 2.05) is 63.2 Å². The van der Waals surface area contributed by atoms with Crippen LogP contribution in [-0.4, -0.2) is 9.30 Å². The maximum atomic E-state index is 13.0. The average molecular weight is 425 g/mol. The van der Waals surface area contributed by atoms with Gasteiger partial charge in [-0.05, 0) is 62.6 Å². The molecule has 3 atom stereocenters. The first kappa shape index (κ1) is 22.3. The molecule has 0 bridgehead atoms. The summed E-state index contributed by atoms with van der Waals surface area (Å²) in [5, 5.41) is 1.23. The first-order valence-electron chi connectivity index (χ1n) is 8.69. The van der Waals surface area contributed by atoms with Gasteiger partial charge in [0.1, 0.15) is 10.4 Å². The maximum Gasteiger partial charge on any atom is 0.143 e. The van der Waals surface area contributed by atoms with E-state index in [2.05, 4.69) is 11.3 Å². The Kier molecular flexibility index (Phi) is 7.42. The van der Waals surface area contributed by atoms with Crippen LogP contribution >= 0.6 is 23.2 Å². The van der Waals surface area contributed by atoms with E-state index in [1.165, 1.54) is 0 Å². The smallest absolute Gasteiger partial charge is 0.143 e. The Balaban J connectivity index is 2.60. The highest BCUT2D eigenvalue weighted by Crippen LogP contribution is 2.38. The number of nitrogens with two attached hydrogens (primary N) is 1. The molecule has 0 amide bonds. The summed E-state index contributed by atoms with van der Waals surface area (Å²) >= 11 is 10.9. The molecule has 2 rings (SSSR count). The van der Waals surface area contributed by atoms with Crippen molar-refractivity contribution in [1.29, 1.82) is 0 Å². The Labute approximate surface area is 175 Å². The van der Waals surface area contributed by atoms with Crippen molar-refractivity contribution in [2.75, 3.05) is 0 Å². The lowest BCUT2D eigenvalue weighted by Gasteiger charge is -2.40.